The fourth-order valence-corrected chi connectivity index (χ4v) is 2.60. The molecule has 1 aliphatic heterocycles. The van der Waals surface area contributed by atoms with Crippen LogP contribution in [0.1, 0.15) is 23.8 Å². The molecule has 1 aromatic heterocycles. The van der Waals surface area contributed by atoms with Gasteiger partial charge >= 0.3 is 0 Å². The number of ether oxygens (including phenoxy) is 1. The van der Waals surface area contributed by atoms with Crippen LogP contribution in [0, 0.1) is 5.92 Å². The molecule has 0 aliphatic carbocycles. The monoisotopic (exact) mass is 300 g/mol. The van der Waals surface area contributed by atoms with Crippen LogP contribution < -0.4 is 0 Å². The first-order valence-corrected chi connectivity index (χ1v) is 7.62. The van der Waals surface area contributed by atoms with Crippen molar-refractivity contribution < 1.29 is 9.53 Å². The summed E-state index contributed by atoms with van der Waals surface area (Å²) in [5, 5.41) is 8.50. The molecule has 1 aromatic carbocycles. The molecule has 2 heterocycles. The quantitative estimate of drug-likeness (QED) is 0.844. The maximum absolute atomic E-state index is 12.6. The van der Waals surface area contributed by atoms with E-state index < -0.39 is 0 Å². The van der Waals surface area contributed by atoms with Crippen LogP contribution in [0.15, 0.2) is 36.5 Å². The van der Waals surface area contributed by atoms with Gasteiger partial charge in [-0.05, 0) is 25.5 Å². The molecule has 1 fully saturated rings. The number of nitrogens with zero attached hydrogens (tertiary/aromatic N) is 4. The van der Waals surface area contributed by atoms with Gasteiger partial charge in [-0.15, -0.1) is 5.10 Å². The first-order valence-electron chi connectivity index (χ1n) is 7.62. The molecule has 2 aromatic rings. The van der Waals surface area contributed by atoms with Crippen molar-refractivity contribution in [3.63, 3.8) is 0 Å². The van der Waals surface area contributed by atoms with E-state index >= 15 is 0 Å². The zero-order valence-electron chi connectivity index (χ0n) is 12.7. The maximum atomic E-state index is 12.6. The Morgan fingerprint density at radius 1 is 1.41 bits per heavy atom. The van der Waals surface area contributed by atoms with Crippen LogP contribution in [0.25, 0.3) is 5.69 Å². The predicted octanol–water partition coefficient (Wildman–Crippen LogP) is 1.77. The van der Waals surface area contributed by atoms with Crippen molar-refractivity contribution in [3.05, 3.63) is 42.2 Å². The van der Waals surface area contributed by atoms with E-state index in [1.54, 1.807) is 0 Å². The van der Waals surface area contributed by atoms with Crippen LogP contribution in [0.4, 0.5) is 0 Å². The molecular weight excluding hydrogens is 280 g/mol. The summed E-state index contributed by atoms with van der Waals surface area (Å²) in [6, 6.07) is 9.57. The van der Waals surface area contributed by atoms with Crippen LogP contribution in [-0.2, 0) is 4.74 Å². The second-order valence-corrected chi connectivity index (χ2v) is 5.43. The fraction of sp³-hybridized carbons (Fsp3) is 0.438. The van der Waals surface area contributed by atoms with Crippen LogP contribution >= 0.6 is 0 Å². The zero-order chi connectivity index (χ0) is 15.4. The van der Waals surface area contributed by atoms with Crippen LogP contribution in [0.5, 0.6) is 0 Å². The van der Waals surface area contributed by atoms with Crippen molar-refractivity contribution in [2.24, 2.45) is 5.92 Å². The molecule has 6 nitrogen and oxygen atoms in total. The Balaban J connectivity index is 1.72. The Bertz CT molecular complexity index is 620. The molecule has 0 radical (unpaired) electrons. The minimum Gasteiger partial charge on any atom is -0.381 e. The fourth-order valence-electron chi connectivity index (χ4n) is 2.60. The second-order valence-electron chi connectivity index (χ2n) is 5.43. The standard InChI is InChI=1S/C16H20N4O2/c1-2-19(11-13-8-9-22-12-13)16(21)15-10-17-20(18-15)14-6-4-3-5-7-14/h3-7,10,13H,2,8-9,11-12H2,1H3/t13-/m1/s1. The van der Waals surface area contributed by atoms with Gasteiger partial charge in [-0.25, -0.2) is 0 Å². The summed E-state index contributed by atoms with van der Waals surface area (Å²) in [5.41, 5.74) is 1.22. The van der Waals surface area contributed by atoms with Crippen molar-refractivity contribution in [3.8, 4) is 5.69 Å². The number of hydrogen-bond acceptors (Lipinski definition) is 4. The SMILES string of the molecule is CCN(C[C@H]1CCOC1)C(=O)c1cnn(-c2ccccc2)n1. The van der Waals surface area contributed by atoms with Gasteiger partial charge in [0.25, 0.3) is 5.91 Å². The minimum absolute atomic E-state index is 0.0726. The smallest absolute Gasteiger partial charge is 0.276 e. The third kappa shape index (κ3) is 3.17. The lowest BCUT2D eigenvalue weighted by Crippen LogP contribution is -2.35. The average Bonchev–Trinajstić information content (AvgIpc) is 3.24. The van der Waals surface area contributed by atoms with Crippen LogP contribution in [0.2, 0.25) is 0 Å². The van der Waals surface area contributed by atoms with Gasteiger partial charge in [0.2, 0.25) is 0 Å². The summed E-state index contributed by atoms with van der Waals surface area (Å²) < 4.78 is 5.38. The highest BCUT2D eigenvalue weighted by Crippen LogP contribution is 2.15. The Hall–Kier alpha value is -2.21. The van der Waals surface area contributed by atoms with E-state index in [0.717, 1.165) is 25.3 Å². The average molecular weight is 300 g/mol. The molecule has 3 rings (SSSR count). The molecule has 22 heavy (non-hydrogen) atoms. The van der Waals surface area contributed by atoms with Crippen LogP contribution in [-0.4, -0.2) is 52.1 Å². The molecular formula is C16H20N4O2. The number of carbonyl (C=O) groups is 1. The molecule has 0 unspecified atom stereocenters. The van der Waals surface area contributed by atoms with Gasteiger partial charge in [-0.3, -0.25) is 4.79 Å². The van der Waals surface area contributed by atoms with Crippen molar-refractivity contribution in [2.75, 3.05) is 26.3 Å². The van der Waals surface area contributed by atoms with E-state index in [9.17, 15) is 4.79 Å². The van der Waals surface area contributed by atoms with Crippen molar-refractivity contribution >= 4 is 5.91 Å². The number of para-hydroxylation sites is 1. The molecule has 0 spiro atoms. The molecule has 0 saturated carbocycles. The highest BCUT2D eigenvalue weighted by atomic mass is 16.5. The van der Waals surface area contributed by atoms with E-state index in [1.807, 2.05) is 42.2 Å². The number of benzene rings is 1. The van der Waals surface area contributed by atoms with Gasteiger partial charge in [0.15, 0.2) is 5.69 Å². The van der Waals surface area contributed by atoms with Gasteiger partial charge in [-0.1, -0.05) is 18.2 Å². The number of amides is 1. The summed E-state index contributed by atoms with van der Waals surface area (Å²) in [7, 11) is 0. The second kappa shape index (κ2) is 6.70. The predicted molar refractivity (Wildman–Crippen MR) is 81.9 cm³/mol. The van der Waals surface area contributed by atoms with Gasteiger partial charge in [-0.2, -0.15) is 9.90 Å². The van der Waals surface area contributed by atoms with E-state index in [1.165, 1.54) is 11.0 Å². The molecule has 0 bridgehead atoms. The summed E-state index contributed by atoms with van der Waals surface area (Å²) in [4.78, 5) is 15.9. The highest BCUT2D eigenvalue weighted by molar-refractivity contribution is 5.91. The Morgan fingerprint density at radius 2 is 2.23 bits per heavy atom. The van der Waals surface area contributed by atoms with Gasteiger partial charge in [0.1, 0.15) is 0 Å². The van der Waals surface area contributed by atoms with Crippen LogP contribution in [0.3, 0.4) is 0 Å². The third-order valence-corrected chi connectivity index (χ3v) is 3.87. The van der Waals surface area contributed by atoms with Gasteiger partial charge in [0, 0.05) is 25.6 Å². The highest BCUT2D eigenvalue weighted by Gasteiger charge is 2.24. The summed E-state index contributed by atoms with van der Waals surface area (Å²) in [5.74, 6) is 0.352. The van der Waals surface area contributed by atoms with Crippen molar-refractivity contribution in [1.29, 1.82) is 0 Å². The summed E-state index contributed by atoms with van der Waals surface area (Å²) >= 11 is 0. The number of carbonyl (C=O) groups excluding carboxylic acids is 1. The molecule has 1 atom stereocenters. The lowest BCUT2D eigenvalue weighted by Gasteiger charge is -2.22. The third-order valence-electron chi connectivity index (χ3n) is 3.87. The Morgan fingerprint density at radius 3 is 2.91 bits per heavy atom. The summed E-state index contributed by atoms with van der Waals surface area (Å²) in [6.07, 6.45) is 2.55. The molecule has 116 valence electrons. The lowest BCUT2D eigenvalue weighted by molar-refractivity contribution is 0.0724. The molecule has 1 amide bonds. The summed E-state index contributed by atoms with van der Waals surface area (Å²) in [6.45, 7) is 4.89. The Labute approximate surface area is 129 Å². The molecule has 6 heteroatoms. The van der Waals surface area contributed by atoms with Gasteiger partial charge in [0.05, 0.1) is 18.5 Å². The van der Waals surface area contributed by atoms with E-state index in [0.29, 0.717) is 24.7 Å². The zero-order valence-corrected chi connectivity index (χ0v) is 12.7. The van der Waals surface area contributed by atoms with Gasteiger partial charge < -0.3 is 9.64 Å². The Kier molecular flexibility index (Phi) is 4.48. The first kappa shape index (κ1) is 14.7. The number of aromatic nitrogens is 3. The van der Waals surface area contributed by atoms with E-state index in [4.69, 9.17) is 4.74 Å². The number of rotatable bonds is 5. The number of hydrogen-bond donors (Lipinski definition) is 0. The normalized spacial score (nSPS) is 17.6. The van der Waals surface area contributed by atoms with Crippen molar-refractivity contribution in [2.45, 2.75) is 13.3 Å². The van der Waals surface area contributed by atoms with Crippen molar-refractivity contribution in [1.82, 2.24) is 19.9 Å². The van der Waals surface area contributed by atoms with E-state index in [2.05, 4.69) is 10.2 Å². The lowest BCUT2D eigenvalue weighted by atomic mass is 10.1. The minimum atomic E-state index is -0.0726. The van der Waals surface area contributed by atoms with E-state index in [-0.39, 0.29) is 5.91 Å². The molecule has 0 N–H and O–H groups in total. The largest absolute Gasteiger partial charge is 0.381 e. The maximum Gasteiger partial charge on any atom is 0.276 e. The topological polar surface area (TPSA) is 60.2 Å². The molecule has 1 saturated heterocycles. The first-order chi connectivity index (χ1) is 10.8. The molecule has 1 aliphatic rings.